The van der Waals surface area contributed by atoms with Crippen LogP contribution < -0.4 is 10.1 Å². The van der Waals surface area contributed by atoms with Crippen LogP contribution in [0.25, 0.3) is 11.2 Å². The molecule has 0 aliphatic rings. The molecule has 0 aliphatic heterocycles. The van der Waals surface area contributed by atoms with Gasteiger partial charge in [-0.1, -0.05) is 0 Å². The number of pyridine rings is 1. The molecule has 2 aromatic heterocycles. The summed E-state index contributed by atoms with van der Waals surface area (Å²) in [6.07, 6.45) is 3.10. The van der Waals surface area contributed by atoms with Crippen molar-refractivity contribution in [2.45, 2.75) is 6.54 Å². The van der Waals surface area contributed by atoms with E-state index in [-0.39, 0.29) is 17.9 Å². The molecule has 0 spiro atoms. The van der Waals surface area contributed by atoms with Gasteiger partial charge in [-0.25, -0.2) is 18.7 Å². The number of nitrogens with zero attached hydrogens (tertiary/aromatic N) is 2. The van der Waals surface area contributed by atoms with Crippen molar-refractivity contribution in [2.75, 3.05) is 12.4 Å². The highest BCUT2D eigenvalue weighted by Gasteiger charge is 2.11. The van der Waals surface area contributed by atoms with Crippen molar-refractivity contribution in [3.63, 3.8) is 0 Å². The summed E-state index contributed by atoms with van der Waals surface area (Å²) >= 11 is 0. The molecule has 21 heavy (non-hydrogen) atoms. The molecule has 108 valence electrons. The summed E-state index contributed by atoms with van der Waals surface area (Å²) in [5.74, 6) is -1.17. The van der Waals surface area contributed by atoms with Crippen LogP contribution in [0.4, 0.5) is 14.5 Å². The lowest BCUT2D eigenvalue weighted by Crippen LogP contribution is -2.05. The van der Waals surface area contributed by atoms with Crippen molar-refractivity contribution >= 4 is 16.9 Å². The first kappa shape index (κ1) is 13.3. The van der Waals surface area contributed by atoms with E-state index < -0.39 is 11.6 Å². The summed E-state index contributed by atoms with van der Waals surface area (Å²) in [5.41, 5.74) is 1.90. The number of aromatic amines is 1. The third kappa shape index (κ3) is 2.62. The van der Waals surface area contributed by atoms with Crippen LogP contribution in [0.15, 0.2) is 30.7 Å². The average molecular weight is 290 g/mol. The lowest BCUT2D eigenvalue weighted by Gasteiger charge is -2.09. The fourth-order valence-corrected chi connectivity index (χ4v) is 1.98. The SMILES string of the molecule is COc1cc(F)c(CNc2cnc3[nH]cnc3c2)c(F)c1. The van der Waals surface area contributed by atoms with E-state index in [1.807, 2.05) is 0 Å². The minimum Gasteiger partial charge on any atom is -0.497 e. The van der Waals surface area contributed by atoms with Crippen LogP contribution in [-0.2, 0) is 6.54 Å². The quantitative estimate of drug-likeness (QED) is 0.775. The number of anilines is 1. The summed E-state index contributed by atoms with van der Waals surface area (Å²) in [6, 6.07) is 4.04. The Balaban J connectivity index is 1.81. The molecule has 0 amide bonds. The predicted octanol–water partition coefficient (Wildman–Crippen LogP) is 2.86. The molecule has 1 aromatic carbocycles. The van der Waals surface area contributed by atoms with Crippen LogP contribution in [0.2, 0.25) is 0 Å². The topological polar surface area (TPSA) is 62.8 Å². The molecule has 2 heterocycles. The first-order chi connectivity index (χ1) is 10.2. The zero-order valence-electron chi connectivity index (χ0n) is 11.2. The summed E-state index contributed by atoms with van der Waals surface area (Å²) in [4.78, 5) is 11.1. The minimum atomic E-state index is -0.659. The van der Waals surface area contributed by atoms with Gasteiger partial charge in [0.25, 0.3) is 0 Å². The van der Waals surface area contributed by atoms with Crippen molar-refractivity contribution in [2.24, 2.45) is 0 Å². The van der Waals surface area contributed by atoms with Crippen LogP contribution in [0.5, 0.6) is 5.75 Å². The number of methoxy groups -OCH3 is 1. The third-order valence-corrected chi connectivity index (χ3v) is 3.09. The number of ether oxygens (including phenoxy) is 1. The molecule has 5 nitrogen and oxygen atoms in total. The van der Waals surface area contributed by atoms with E-state index in [9.17, 15) is 8.78 Å². The van der Waals surface area contributed by atoms with Crippen molar-refractivity contribution in [3.05, 3.63) is 47.9 Å². The second-order valence-corrected chi connectivity index (χ2v) is 4.42. The van der Waals surface area contributed by atoms with Gasteiger partial charge in [0.05, 0.1) is 25.3 Å². The van der Waals surface area contributed by atoms with E-state index >= 15 is 0 Å². The van der Waals surface area contributed by atoms with Crippen molar-refractivity contribution in [1.82, 2.24) is 15.0 Å². The third-order valence-electron chi connectivity index (χ3n) is 3.09. The van der Waals surface area contributed by atoms with Crippen molar-refractivity contribution in [3.8, 4) is 5.75 Å². The largest absolute Gasteiger partial charge is 0.497 e. The maximum absolute atomic E-state index is 13.8. The van der Waals surface area contributed by atoms with Crippen molar-refractivity contribution < 1.29 is 13.5 Å². The average Bonchev–Trinajstić information content (AvgIpc) is 2.93. The Labute approximate surface area is 119 Å². The van der Waals surface area contributed by atoms with E-state index in [2.05, 4.69) is 20.3 Å². The minimum absolute atomic E-state index is 0.000724. The second-order valence-electron chi connectivity index (χ2n) is 4.42. The molecule has 2 N–H and O–H groups in total. The van der Waals surface area contributed by atoms with Gasteiger partial charge >= 0.3 is 0 Å². The molecule has 0 aliphatic carbocycles. The Morgan fingerprint density at radius 1 is 1.19 bits per heavy atom. The van der Waals surface area contributed by atoms with Gasteiger partial charge < -0.3 is 15.0 Å². The standard InChI is InChI=1S/C14H12F2N4O/c1-21-9-3-11(15)10(12(16)4-9)6-17-8-2-13-14(18-5-8)20-7-19-13/h2-5,7,17H,6H2,1H3,(H,18,19,20). The molecule has 0 unspecified atom stereocenters. The first-order valence-electron chi connectivity index (χ1n) is 6.22. The van der Waals surface area contributed by atoms with E-state index in [4.69, 9.17) is 4.74 Å². The molecule has 3 aromatic rings. The zero-order chi connectivity index (χ0) is 14.8. The molecule has 0 atom stereocenters. The van der Waals surface area contributed by atoms with E-state index in [1.54, 1.807) is 12.3 Å². The number of benzene rings is 1. The van der Waals surface area contributed by atoms with Gasteiger partial charge in [0, 0.05) is 24.2 Å². The Kier molecular flexibility index (Phi) is 3.39. The summed E-state index contributed by atoms with van der Waals surface area (Å²) in [6.45, 7) is -0.000724. The number of H-pyrrole nitrogens is 1. The summed E-state index contributed by atoms with van der Waals surface area (Å²) in [7, 11) is 1.36. The lowest BCUT2D eigenvalue weighted by molar-refractivity contribution is 0.405. The molecule has 0 radical (unpaired) electrons. The summed E-state index contributed by atoms with van der Waals surface area (Å²) < 4.78 is 32.4. The molecule has 0 saturated carbocycles. The smallest absolute Gasteiger partial charge is 0.157 e. The Hall–Kier alpha value is -2.70. The fourth-order valence-electron chi connectivity index (χ4n) is 1.98. The second kappa shape index (κ2) is 5.35. The van der Waals surface area contributed by atoms with E-state index in [1.165, 1.54) is 13.4 Å². The Morgan fingerprint density at radius 3 is 2.67 bits per heavy atom. The molecule has 0 bridgehead atoms. The van der Waals surface area contributed by atoms with Crippen LogP contribution in [-0.4, -0.2) is 22.1 Å². The first-order valence-corrected chi connectivity index (χ1v) is 6.22. The Morgan fingerprint density at radius 2 is 1.95 bits per heavy atom. The van der Waals surface area contributed by atoms with Gasteiger partial charge in [0.1, 0.15) is 22.9 Å². The Bertz CT molecular complexity index is 764. The lowest BCUT2D eigenvalue weighted by atomic mass is 10.2. The summed E-state index contributed by atoms with van der Waals surface area (Å²) in [5, 5.41) is 2.92. The number of hydrogen-bond acceptors (Lipinski definition) is 4. The van der Waals surface area contributed by atoms with Crippen LogP contribution >= 0.6 is 0 Å². The van der Waals surface area contributed by atoms with Gasteiger partial charge in [0.2, 0.25) is 0 Å². The van der Waals surface area contributed by atoms with Crippen LogP contribution in [0, 0.1) is 11.6 Å². The zero-order valence-corrected chi connectivity index (χ0v) is 11.2. The van der Waals surface area contributed by atoms with Crippen molar-refractivity contribution in [1.29, 1.82) is 0 Å². The normalized spacial score (nSPS) is 10.8. The van der Waals surface area contributed by atoms with Gasteiger partial charge in [-0.05, 0) is 6.07 Å². The van der Waals surface area contributed by atoms with Gasteiger partial charge in [-0.3, -0.25) is 0 Å². The number of rotatable bonds is 4. The number of fused-ring (bicyclic) bond motifs is 1. The highest BCUT2D eigenvalue weighted by atomic mass is 19.1. The highest BCUT2D eigenvalue weighted by Crippen LogP contribution is 2.22. The monoisotopic (exact) mass is 290 g/mol. The number of halogens is 2. The highest BCUT2D eigenvalue weighted by molar-refractivity contribution is 5.73. The van der Waals surface area contributed by atoms with Crippen LogP contribution in [0.3, 0.4) is 0 Å². The number of nitrogens with one attached hydrogen (secondary N) is 2. The van der Waals surface area contributed by atoms with Gasteiger partial charge in [-0.15, -0.1) is 0 Å². The van der Waals surface area contributed by atoms with Crippen LogP contribution in [0.1, 0.15) is 5.56 Å². The number of imidazole rings is 1. The maximum atomic E-state index is 13.8. The predicted molar refractivity (Wildman–Crippen MR) is 74.1 cm³/mol. The van der Waals surface area contributed by atoms with E-state index in [0.29, 0.717) is 16.9 Å². The fraction of sp³-hybridized carbons (Fsp3) is 0.143. The number of hydrogen-bond donors (Lipinski definition) is 2. The molecule has 3 rings (SSSR count). The molecular weight excluding hydrogens is 278 g/mol. The molecule has 0 fully saturated rings. The van der Waals surface area contributed by atoms with E-state index in [0.717, 1.165) is 12.1 Å². The van der Waals surface area contributed by atoms with Gasteiger partial charge in [-0.2, -0.15) is 0 Å². The van der Waals surface area contributed by atoms with Gasteiger partial charge in [0.15, 0.2) is 5.65 Å². The molecule has 7 heteroatoms. The molecular formula is C14H12F2N4O. The molecule has 0 saturated heterocycles. The number of aromatic nitrogens is 3. The maximum Gasteiger partial charge on any atom is 0.157 e.